The fraction of sp³-hybridized carbons (Fsp3) is 1.00. The van der Waals surface area contributed by atoms with Crippen LogP contribution in [-0.4, -0.2) is 0 Å². The molecule has 0 bridgehead atoms. The van der Waals surface area contributed by atoms with Gasteiger partial charge in [0, 0.05) is 0 Å². The van der Waals surface area contributed by atoms with Gasteiger partial charge in [-0.2, -0.15) is 0 Å². The second-order valence-corrected chi connectivity index (χ2v) is 30.8. The van der Waals surface area contributed by atoms with Gasteiger partial charge in [0.25, 0.3) is 0 Å². The minimum absolute atomic E-state index is 1.10. The highest BCUT2D eigenvalue weighted by Crippen LogP contribution is 2.67. The Balaban J connectivity index is 0.702. The first-order chi connectivity index (χ1) is 34.8. The molecule has 0 radical (unpaired) electrons. The maximum Gasteiger partial charge on any atom is -0.0321 e. The third-order valence-electron chi connectivity index (χ3n) is 28.6. The van der Waals surface area contributed by atoms with Crippen molar-refractivity contribution in [1.29, 1.82) is 0 Å². The summed E-state index contributed by atoms with van der Waals surface area (Å²) in [5.41, 5.74) is 0. The first kappa shape index (κ1) is 49.6. The van der Waals surface area contributed by atoms with E-state index in [2.05, 4.69) is 0 Å². The average molecular weight is 958 g/mol. The van der Waals surface area contributed by atoms with E-state index in [1.54, 1.807) is 283 Å². The molecule has 0 heteroatoms. The zero-order chi connectivity index (χ0) is 46.4. The van der Waals surface area contributed by atoms with Crippen molar-refractivity contribution < 1.29 is 0 Å². The van der Waals surface area contributed by atoms with Gasteiger partial charge in [-0.3, -0.25) is 0 Å². The average Bonchev–Trinajstić information content (AvgIpc) is 3.44. The van der Waals surface area contributed by atoms with Gasteiger partial charge in [0.1, 0.15) is 0 Å². The first-order valence-corrected chi connectivity index (χ1v) is 34.8. The molecule has 0 aromatic carbocycles. The van der Waals surface area contributed by atoms with Crippen molar-refractivity contribution >= 4 is 0 Å². The maximum atomic E-state index is 1.67. The van der Waals surface area contributed by atoms with E-state index < -0.39 is 0 Å². The molecule has 396 valence electrons. The lowest BCUT2D eigenvalue weighted by molar-refractivity contribution is -0.139. The molecule has 0 aliphatic heterocycles. The summed E-state index contributed by atoms with van der Waals surface area (Å²) in [5, 5.41) is 0. The van der Waals surface area contributed by atoms with Crippen molar-refractivity contribution in [2.75, 3.05) is 0 Å². The van der Waals surface area contributed by atoms with Crippen LogP contribution in [0.15, 0.2) is 0 Å². The maximum absolute atomic E-state index is 1.67. The van der Waals surface area contributed by atoms with Gasteiger partial charge in [-0.15, -0.1) is 0 Å². The Morgan fingerprint density at radius 1 is 0.100 bits per heavy atom. The lowest BCUT2D eigenvalue weighted by atomic mass is 9.42. The lowest BCUT2D eigenvalue weighted by Gasteiger charge is -2.63. The van der Waals surface area contributed by atoms with Gasteiger partial charge < -0.3 is 0 Å². The van der Waals surface area contributed by atoms with Crippen LogP contribution in [0.3, 0.4) is 0 Å². The molecule has 12 atom stereocenters. The van der Waals surface area contributed by atoms with E-state index >= 15 is 0 Å². The topological polar surface area (TPSA) is 0 Å². The molecule has 0 heterocycles. The summed E-state index contributed by atoms with van der Waals surface area (Å²) < 4.78 is 0. The quantitative estimate of drug-likeness (QED) is 0.227. The summed E-state index contributed by atoms with van der Waals surface area (Å²) in [5.74, 6) is 26.8. The van der Waals surface area contributed by atoms with Crippen molar-refractivity contribution in [3.8, 4) is 0 Å². The molecule has 0 amide bonds. The smallest absolute Gasteiger partial charge is 0.0321 e. The molecular weight excluding hydrogens is 841 g/mol. The van der Waals surface area contributed by atoms with Crippen LogP contribution < -0.4 is 0 Å². The molecule has 70 heavy (non-hydrogen) atoms. The molecule has 13 aliphatic carbocycles. The van der Waals surface area contributed by atoms with Gasteiger partial charge in [0.2, 0.25) is 0 Å². The zero-order valence-corrected chi connectivity index (χ0v) is 46.4. The van der Waals surface area contributed by atoms with Crippen LogP contribution in [0.1, 0.15) is 295 Å². The van der Waals surface area contributed by atoms with E-state index in [4.69, 9.17) is 0 Å². The van der Waals surface area contributed by atoms with Gasteiger partial charge in [0.05, 0.1) is 0 Å². The zero-order valence-electron chi connectivity index (χ0n) is 46.4. The summed E-state index contributed by atoms with van der Waals surface area (Å²) in [4.78, 5) is 0. The highest BCUT2D eigenvalue weighted by Gasteiger charge is 2.59. The van der Waals surface area contributed by atoms with Gasteiger partial charge in [-0.1, -0.05) is 141 Å². The predicted octanol–water partition coefficient (Wildman–Crippen LogP) is 20.9. The molecular formula is C70H116. The van der Waals surface area contributed by atoms with E-state index in [-0.39, 0.29) is 0 Å². The van der Waals surface area contributed by atoms with E-state index in [9.17, 15) is 0 Å². The van der Waals surface area contributed by atoms with Crippen LogP contribution in [-0.2, 0) is 0 Å². The van der Waals surface area contributed by atoms with Gasteiger partial charge >= 0.3 is 0 Å². The van der Waals surface area contributed by atoms with Gasteiger partial charge in [-0.25, -0.2) is 0 Å². The predicted molar refractivity (Wildman–Crippen MR) is 296 cm³/mol. The fourth-order valence-electron chi connectivity index (χ4n) is 26.2. The third-order valence-corrected chi connectivity index (χ3v) is 28.6. The number of hydrogen-bond donors (Lipinski definition) is 0. The molecule has 0 aromatic heterocycles. The summed E-state index contributed by atoms with van der Waals surface area (Å²) >= 11 is 0. The van der Waals surface area contributed by atoms with Gasteiger partial charge in [-0.05, 0) is 296 Å². The summed E-state index contributed by atoms with van der Waals surface area (Å²) in [6, 6.07) is 0. The number of hydrogen-bond acceptors (Lipinski definition) is 0. The molecule has 0 nitrogen and oxygen atoms in total. The van der Waals surface area contributed by atoms with E-state index in [0.717, 1.165) is 142 Å². The highest BCUT2D eigenvalue weighted by atomic mass is 14.6. The second kappa shape index (κ2) is 22.9. The molecule has 0 N–H and O–H groups in total. The lowest BCUT2D eigenvalue weighted by Crippen LogP contribution is -2.56. The third kappa shape index (κ3) is 9.85. The van der Waals surface area contributed by atoms with E-state index in [1.165, 1.54) is 12.8 Å². The van der Waals surface area contributed by atoms with Crippen molar-refractivity contribution in [3.63, 3.8) is 0 Å². The number of rotatable bonds is 8. The van der Waals surface area contributed by atoms with Crippen molar-refractivity contribution in [2.24, 2.45) is 142 Å². The Morgan fingerprint density at radius 3 is 0.543 bits per heavy atom. The molecule has 0 aromatic rings. The van der Waals surface area contributed by atoms with Crippen molar-refractivity contribution in [1.82, 2.24) is 0 Å². The monoisotopic (exact) mass is 957 g/mol. The van der Waals surface area contributed by atoms with Crippen molar-refractivity contribution in [3.05, 3.63) is 0 Å². The molecule has 0 spiro atoms. The van der Waals surface area contributed by atoms with Crippen LogP contribution in [0.5, 0.6) is 0 Å². The Hall–Kier alpha value is 0. The van der Waals surface area contributed by atoms with Crippen LogP contribution in [0.4, 0.5) is 0 Å². The standard InChI is InChI=1S/C70H116/c1-3-19-47(20-4-1)49-35-39-51(40-36-49)55-23-7-9-25-57(55)69-63-31-15-11-27-59(63)67(60-28-12-16-32-64(60)69)53-43-45-54(46-44-53)68-61-29-13-17-33-65(61)70(66-34-18-14-30-62(66)68)58-26-10-8-24-56(58)52-41-37-50(38-42-52)48-21-5-2-6-22-48/h47-70H,1-46H2. The van der Waals surface area contributed by atoms with Gasteiger partial charge in [0.15, 0.2) is 0 Å². The molecule has 13 aliphatic rings. The van der Waals surface area contributed by atoms with Crippen LogP contribution >= 0.6 is 0 Å². The minimum Gasteiger partial charge on any atom is -0.0533 e. The molecule has 13 fully saturated rings. The van der Waals surface area contributed by atoms with Crippen molar-refractivity contribution in [2.45, 2.75) is 295 Å². The Labute approximate surface area is 435 Å². The van der Waals surface area contributed by atoms with Crippen LogP contribution in [0.2, 0.25) is 0 Å². The molecule has 13 rings (SSSR count). The Kier molecular flexibility index (Phi) is 16.2. The van der Waals surface area contributed by atoms with E-state index in [0.29, 0.717) is 0 Å². The SMILES string of the molecule is C1CCC(C2CCC(C3CCCCC3C3C4CCCCC4C(C4CCC(C5C6CCCCC6C(C6CCCCC6C6CCC(C7CCCCC7)CC6)C6CCCCC65)CC4)C4CCCCC43)CC2)CC1. The van der Waals surface area contributed by atoms with Crippen LogP contribution in [0.25, 0.3) is 0 Å². The molecule has 12 unspecified atom stereocenters. The Bertz CT molecular complexity index is 1420. The van der Waals surface area contributed by atoms with Crippen LogP contribution in [0, 0.1) is 142 Å². The largest absolute Gasteiger partial charge is 0.0533 e. The summed E-state index contributed by atoms with van der Waals surface area (Å²) in [6.07, 6.45) is 74.2. The first-order valence-electron chi connectivity index (χ1n) is 34.8. The summed E-state index contributed by atoms with van der Waals surface area (Å²) in [6.45, 7) is 0. The Morgan fingerprint density at radius 2 is 0.271 bits per heavy atom. The highest BCUT2D eigenvalue weighted by molar-refractivity contribution is 5.08. The normalized spacial score (nSPS) is 51.3. The molecule has 0 saturated heterocycles. The fourth-order valence-corrected chi connectivity index (χ4v) is 26.2. The molecule has 13 saturated carbocycles. The minimum atomic E-state index is 1.10. The second-order valence-electron chi connectivity index (χ2n) is 30.8. The van der Waals surface area contributed by atoms with E-state index in [1.807, 2.05) is 0 Å². The summed E-state index contributed by atoms with van der Waals surface area (Å²) in [7, 11) is 0. The number of fused-ring (bicyclic) bond motifs is 4.